The van der Waals surface area contributed by atoms with Crippen molar-refractivity contribution in [3.8, 4) is 16.9 Å². The Hall–Kier alpha value is -1.72. The number of aromatic nitrogens is 2. The van der Waals surface area contributed by atoms with Crippen molar-refractivity contribution in [2.24, 2.45) is 0 Å². The van der Waals surface area contributed by atoms with Gasteiger partial charge >= 0.3 is 0 Å². The van der Waals surface area contributed by atoms with E-state index in [1.807, 2.05) is 0 Å². The Kier molecular flexibility index (Phi) is 5.70. The highest BCUT2D eigenvalue weighted by Crippen LogP contribution is 2.33. The van der Waals surface area contributed by atoms with Gasteiger partial charge in [0.2, 0.25) is 0 Å². The van der Waals surface area contributed by atoms with Crippen LogP contribution in [-0.4, -0.2) is 24.5 Å². The standard InChI is InChI=1S/C17H10Br2F4N2O2S/c1-28(26,27)16-12(20)5-9(6-13(16)21)25-15(7-14(24-25)17(22)23)8-2-3-10(18)11(19)4-8/h2-7,17H,1H3. The zero-order valence-electron chi connectivity index (χ0n) is 13.9. The maximum Gasteiger partial charge on any atom is 0.282 e. The third-order valence-electron chi connectivity index (χ3n) is 3.77. The van der Waals surface area contributed by atoms with Crippen LogP contribution in [0.5, 0.6) is 0 Å². The van der Waals surface area contributed by atoms with E-state index < -0.39 is 38.5 Å². The average molecular weight is 542 g/mol. The topological polar surface area (TPSA) is 52.0 Å². The van der Waals surface area contributed by atoms with Gasteiger partial charge in [-0.3, -0.25) is 0 Å². The summed E-state index contributed by atoms with van der Waals surface area (Å²) in [5.74, 6) is -2.68. The SMILES string of the molecule is CS(=O)(=O)c1c(F)cc(-n2nc(C(F)F)cc2-c2ccc(Br)c(Br)c2)cc1F. The van der Waals surface area contributed by atoms with Crippen LogP contribution in [0.3, 0.4) is 0 Å². The van der Waals surface area contributed by atoms with Gasteiger partial charge in [-0.15, -0.1) is 0 Å². The maximum absolute atomic E-state index is 14.3. The van der Waals surface area contributed by atoms with Gasteiger partial charge in [-0.2, -0.15) is 5.10 Å². The molecular weight excluding hydrogens is 532 g/mol. The van der Waals surface area contributed by atoms with Gasteiger partial charge < -0.3 is 0 Å². The van der Waals surface area contributed by atoms with E-state index in [-0.39, 0.29) is 11.4 Å². The smallest absolute Gasteiger partial charge is 0.232 e. The molecule has 0 aliphatic carbocycles. The summed E-state index contributed by atoms with van der Waals surface area (Å²) in [7, 11) is -4.16. The molecule has 0 saturated carbocycles. The van der Waals surface area contributed by atoms with Crippen LogP contribution in [0.15, 0.2) is 50.2 Å². The molecule has 0 aliphatic heterocycles. The summed E-state index contributed by atoms with van der Waals surface area (Å²) in [6, 6.07) is 7.45. The Balaban J connectivity index is 2.26. The second-order valence-electron chi connectivity index (χ2n) is 5.81. The Bertz CT molecular complexity index is 1160. The first-order valence-corrected chi connectivity index (χ1v) is 11.0. The van der Waals surface area contributed by atoms with E-state index in [4.69, 9.17) is 0 Å². The molecule has 0 unspecified atom stereocenters. The van der Waals surface area contributed by atoms with Crippen molar-refractivity contribution in [1.82, 2.24) is 9.78 Å². The predicted molar refractivity (Wildman–Crippen MR) is 102 cm³/mol. The van der Waals surface area contributed by atoms with Crippen LogP contribution in [0.2, 0.25) is 0 Å². The Morgan fingerprint density at radius 2 is 1.61 bits per heavy atom. The summed E-state index contributed by atoms with van der Waals surface area (Å²) in [6.45, 7) is 0. The van der Waals surface area contributed by atoms with Crippen molar-refractivity contribution in [3.05, 3.63) is 62.7 Å². The van der Waals surface area contributed by atoms with Gasteiger partial charge in [-0.05, 0) is 50.1 Å². The fourth-order valence-corrected chi connectivity index (χ4v) is 4.04. The first-order chi connectivity index (χ1) is 13.0. The minimum Gasteiger partial charge on any atom is -0.232 e. The first kappa shape index (κ1) is 21.0. The van der Waals surface area contributed by atoms with Gasteiger partial charge in [-0.25, -0.2) is 30.7 Å². The quantitative estimate of drug-likeness (QED) is 0.399. The van der Waals surface area contributed by atoms with Crippen LogP contribution in [-0.2, 0) is 9.84 Å². The lowest BCUT2D eigenvalue weighted by molar-refractivity contribution is 0.145. The van der Waals surface area contributed by atoms with E-state index in [0.717, 1.165) is 22.9 Å². The zero-order valence-corrected chi connectivity index (χ0v) is 17.9. The molecule has 2 aromatic carbocycles. The van der Waals surface area contributed by atoms with Crippen LogP contribution in [0.1, 0.15) is 12.1 Å². The van der Waals surface area contributed by atoms with E-state index in [0.29, 0.717) is 20.8 Å². The average Bonchev–Trinajstić information content (AvgIpc) is 3.01. The molecule has 3 rings (SSSR count). The second kappa shape index (κ2) is 7.60. The normalized spacial score (nSPS) is 12.0. The zero-order chi connectivity index (χ0) is 20.8. The van der Waals surface area contributed by atoms with E-state index >= 15 is 0 Å². The molecule has 0 atom stereocenters. The summed E-state index contributed by atoms with van der Waals surface area (Å²) < 4.78 is 80.4. The molecule has 0 saturated heterocycles. The molecule has 0 amide bonds. The fraction of sp³-hybridized carbons (Fsp3) is 0.118. The highest BCUT2D eigenvalue weighted by molar-refractivity contribution is 9.13. The molecule has 0 spiro atoms. The lowest BCUT2D eigenvalue weighted by Gasteiger charge is -2.11. The fourth-order valence-electron chi connectivity index (χ4n) is 2.59. The molecule has 11 heteroatoms. The van der Waals surface area contributed by atoms with Crippen molar-refractivity contribution in [1.29, 1.82) is 0 Å². The van der Waals surface area contributed by atoms with Crippen LogP contribution in [0.25, 0.3) is 16.9 Å². The van der Waals surface area contributed by atoms with Gasteiger partial charge in [0.1, 0.15) is 22.2 Å². The molecule has 0 aliphatic rings. The predicted octanol–water partition coefficient (Wildman–Crippen LogP) is 5.68. The molecule has 0 fully saturated rings. The van der Waals surface area contributed by atoms with Crippen molar-refractivity contribution in [2.45, 2.75) is 11.3 Å². The number of hydrogen-bond donors (Lipinski definition) is 0. The van der Waals surface area contributed by atoms with Crippen molar-refractivity contribution in [2.75, 3.05) is 6.26 Å². The third-order valence-corrected chi connectivity index (χ3v) is 6.78. The van der Waals surface area contributed by atoms with E-state index in [2.05, 4.69) is 37.0 Å². The molecule has 1 aromatic heterocycles. The Morgan fingerprint density at radius 1 is 1.00 bits per heavy atom. The monoisotopic (exact) mass is 540 g/mol. The number of hydrogen-bond acceptors (Lipinski definition) is 3. The van der Waals surface area contributed by atoms with Gasteiger partial charge in [0.25, 0.3) is 6.43 Å². The third kappa shape index (κ3) is 4.01. The summed E-state index contributed by atoms with van der Waals surface area (Å²) >= 11 is 6.60. The number of rotatable bonds is 4. The summed E-state index contributed by atoms with van der Waals surface area (Å²) in [5, 5.41) is 3.74. The van der Waals surface area contributed by atoms with Crippen LogP contribution in [0, 0.1) is 11.6 Å². The summed E-state index contributed by atoms with van der Waals surface area (Å²) in [6.07, 6.45) is -2.24. The van der Waals surface area contributed by atoms with Crippen LogP contribution < -0.4 is 0 Å². The van der Waals surface area contributed by atoms with Gasteiger partial charge in [0.05, 0.1) is 11.4 Å². The number of sulfone groups is 1. The first-order valence-electron chi connectivity index (χ1n) is 7.52. The number of benzene rings is 2. The molecule has 28 heavy (non-hydrogen) atoms. The van der Waals surface area contributed by atoms with E-state index in [1.165, 1.54) is 0 Å². The molecule has 0 radical (unpaired) electrons. The number of nitrogens with zero attached hydrogens (tertiary/aromatic N) is 2. The Morgan fingerprint density at radius 3 is 2.11 bits per heavy atom. The molecule has 0 bridgehead atoms. The van der Waals surface area contributed by atoms with E-state index in [1.54, 1.807) is 18.2 Å². The van der Waals surface area contributed by atoms with Crippen molar-refractivity contribution < 1.29 is 26.0 Å². The second-order valence-corrected chi connectivity index (χ2v) is 9.47. The largest absolute Gasteiger partial charge is 0.282 e. The maximum atomic E-state index is 14.3. The summed E-state index contributed by atoms with van der Waals surface area (Å²) in [4.78, 5) is -1.09. The lowest BCUT2D eigenvalue weighted by atomic mass is 10.1. The molecule has 0 N–H and O–H groups in total. The van der Waals surface area contributed by atoms with Crippen molar-refractivity contribution >= 4 is 41.7 Å². The molecule has 3 aromatic rings. The molecule has 1 heterocycles. The molecule has 148 valence electrons. The van der Waals surface area contributed by atoms with Crippen LogP contribution >= 0.6 is 31.9 Å². The van der Waals surface area contributed by atoms with Gasteiger partial charge in [0, 0.05) is 32.9 Å². The van der Waals surface area contributed by atoms with Gasteiger partial charge in [-0.1, -0.05) is 6.07 Å². The van der Waals surface area contributed by atoms with Crippen molar-refractivity contribution in [3.63, 3.8) is 0 Å². The lowest BCUT2D eigenvalue weighted by Crippen LogP contribution is -2.08. The highest BCUT2D eigenvalue weighted by atomic mass is 79.9. The minimum atomic E-state index is -4.16. The minimum absolute atomic E-state index is 0.148. The van der Waals surface area contributed by atoms with E-state index in [9.17, 15) is 26.0 Å². The molecular formula is C17H10Br2F4N2O2S. The summed E-state index contributed by atoms with van der Waals surface area (Å²) in [5.41, 5.74) is -0.234. The molecule has 4 nitrogen and oxygen atoms in total. The highest BCUT2D eigenvalue weighted by Gasteiger charge is 2.24. The number of alkyl halides is 2. The van der Waals surface area contributed by atoms with Gasteiger partial charge in [0.15, 0.2) is 9.84 Å². The van der Waals surface area contributed by atoms with Crippen LogP contribution in [0.4, 0.5) is 17.6 Å². The Labute approximate surface area is 174 Å². The number of halogens is 6.